The van der Waals surface area contributed by atoms with Gasteiger partial charge in [0, 0.05) is 10.4 Å². The second-order valence-corrected chi connectivity index (χ2v) is 7.57. The van der Waals surface area contributed by atoms with Gasteiger partial charge in [-0.3, -0.25) is 14.5 Å². The summed E-state index contributed by atoms with van der Waals surface area (Å²) in [7, 11) is 0. The summed E-state index contributed by atoms with van der Waals surface area (Å²) >= 11 is 6.85. The molecule has 25 heavy (non-hydrogen) atoms. The Kier molecular flexibility index (Phi) is 4.22. The van der Waals surface area contributed by atoms with E-state index in [2.05, 4.69) is 20.5 Å². The zero-order valence-corrected chi connectivity index (χ0v) is 15.3. The van der Waals surface area contributed by atoms with Crippen molar-refractivity contribution in [2.75, 3.05) is 5.32 Å². The van der Waals surface area contributed by atoms with E-state index in [-0.39, 0.29) is 12.5 Å². The van der Waals surface area contributed by atoms with Crippen molar-refractivity contribution in [3.05, 3.63) is 45.2 Å². The van der Waals surface area contributed by atoms with E-state index in [1.807, 2.05) is 31.2 Å². The molecule has 0 unspecified atom stereocenters. The Balaban J connectivity index is 1.53. The summed E-state index contributed by atoms with van der Waals surface area (Å²) in [6.45, 7) is 2.13. The SMILES string of the molecule is Cc1ccc(-c2n[nH]c(=S)n2CC(=O)Nc2nc3c(s2)CCC3)cc1. The molecule has 4 rings (SSSR count). The minimum atomic E-state index is -0.154. The van der Waals surface area contributed by atoms with Crippen LogP contribution in [-0.2, 0) is 24.2 Å². The molecule has 8 heteroatoms. The van der Waals surface area contributed by atoms with Gasteiger partial charge in [-0.15, -0.1) is 11.3 Å². The standard InChI is InChI=1S/C17H17N5OS2/c1-10-5-7-11(8-6-10)15-20-21-17(24)22(15)9-14(23)19-16-18-12-3-2-4-13(12)25-16/h5-8H,2-4,9H2,1H3,(H,21,24)(H,18,19,23). The van der Waals surface area contributed by atoms with Gasteiger partial charge in [-0.1, -0.05) is 29.8 Å². The summed E-state index contributed by atoms with van der Waals surface area (Å²) in [5, 5.41) is 10.6. The maximum absolute atomic E-state index is 12.4. The molecule has 0 fully saturated rings. The Morgan fingerprint density at radius 1 is 1.36 bits per heavy atom. The van der Waals surface area contributed by atoms with Crippen molar-refractivity contribution in [3.63, 3.8) is 0 Å². The number of thiazole rings is 1. The third-order valence-electron chi connectivity index (χ3n) is 4.21. The molecule has 1 amide bonds. The molecule has 2 heterocycles. The van der Waals surface area contributed by atoms with E-state index in [0.717, 1.165) is 30.5 Å². The van der Waals surface area contributed by atoms with Crippen LogP contribution < -0.4 is 5.32 Å². The minimum absolute atomic E-state index is 0.1000. The Labute approximate surface area is 153 Å². The van der Waals surface area contributed by atoms with E-state index in [4.69, 9.17) is 12.2 Å². The largest absolute Gasteiger partial charge is 0.300 e. The molecule has 0 saturated carbocycles. The van der Waals surface area contributed by atoms with Gasteiger partial charge >= 0.3 is 0 Å². The average Bonchev–Trinajstić information content (AvgIpc) is 3.25. The Morgan fingerprint density at radius 2 is 2.16 bits per heavy atom. The van der Waals surface area contributed by atoms with Crippen LogP contribution in [0.5, 0.6) is 0 Å². The summed E-state index contributed by atoms with van der Waals surface area (Å²) in [5.41, 5.74) is 3.21. The second-order valence-electron chi connectivity index (χ2n) is 6.10. The second kappa shape index (κ2) is 6.53. The molecule has 3 aromatic rings. The third-order valence-corrected chi connectivity index (χ3v) is 5.60. The molecule has 0 spiro atoms. The van der Waals surface area contributed by atoms with E-state index < -0.39 is 0 Å². The highest BCUT2D eigenvalue weighted by atomic mass is 32.1. The fraction of sp³-hybridized carbons (Fsp3) is 0.294. The predicted octanol–water partition coefficient (Wildman–Crippen LogP) is 3.50. The fourth-order valence-electron chi connectivity index (χ4n) is 2.93. The summed E-state index contributed by atoms with van der Waals surface area (Å²) in [6, 6.07) is 7.96. The van der Waals surface area contributed by atoms with Gasteiger partial charge < -0.3 is 5.32 Å². The number of carbonyl (C=O) groups excluding carboxylic acids is 1. The number of hydrogen-bond donors (Lipinski definition) is 2. The van der Waals surface area contributed by atoms with Crippen molar-refractivity contribution in [2.45, 2.75) is 32.7 Å². The Hall–Kier alpha value is -2.32. The molecule has 128 valence electrons. The maximum Gasteiger partial charge on any atom is 0.246 e. The van der Waals surface area contributed by atoms with Crippen molar-refractivity contribution in [1.82, 2.24) is 19.7 Å². The van der Waals surface area contributed by atoms with E-state index in [1.165, 1.54) is 10.4 Å². The molecular formula is C17H17N5OS2. The first-order valence-corrected chi connectivity index (χ1v) is 9.33. The van der Waals surface area contributed by atoms with Crippen LogP contribution in [0.25, 0.3) is 11.4 Å². The number of rotatable bonds is 4. The number of carbonyl (C=O) groups is 1. The van der Waals surface area contributed by atoms with Crippen LogP contribution in [0.3, 0.4) is 0 Å². The number of aromatic amines is 1. The predicted molar refractivity (Wildman–Crippen MR) is 100 cm³/mol. The highest BCUT2D eigenvalue weighted by molar-refractivity contribution is 7.71. The fourth-order valence-corrected chi connectivity index (χ4v) is 4.20. The molecule has 0 atom stereocenters. The van der Waals surface area contributed by atoms with E-state index in [0.29, 0.717) is 15.7 Å². The highest BCUT2D eigenvalue weighted by Gasteiger charge is 2.18. The molecule has 1 aliphatic rings. The quantitative estimate of drug-likeness (QED) is 0.688. The number of aromatic nitrogens is 4. The highest BCUT2D eigenvalue weighted by Crippen LogP contribution is 2.30. The van der Waals surface area contributed by atoms with Gasteiger partial charge in [0.2, 0.25) is 5.91 Å². The lowest BCUT2D eigenvalue weighted by atomic mass is 10.1. The van der Waals surface area contributed by atoms with Gasteiger partial charge in [-0.25, -0.2) is 4.98 Å². The van der Waals surface area contributed by atoms with Crippen molar-refractivity contribution in [3.8, 4) is 11.4 Å². The first kappa shape index (κ1) is 16.2. The first-order chi connectivity index (χ1) is 12.1. The summed E-state index contributed by atoms with van der Waals surface area (Å²) < 4.78 is 2.13. The number of benzene rings is 1. The summed E-state index contributed by atoms with van der Waals surface area (Å²) in [4.78, 5) is 18.2. The summed E-state index contributed by atoms with van der Waals surface area (Å²) in [5.74, 6) is 0.500. The maximum atomic E-state index is 12.4. The molecule has 2 N–H and O–H groups in total. The number of nitrogens with one attached hydrogen (secondary N) is 2. The van der Waals surface area contributed by atoms with Crippen LogP contribution in [0.15, 0.2) is 24.3 Å². The van der Waals surface area contributed by atoms with Crippen LogP contribution >= 0.6 is 23.6 Å². The smallest absolute Gasteiger partial charge is 0.246 e. The lowest BCUT2D eigenvalue weighted by Crippen LogP contribution is -2.19. The lowest BCUT2D eigenvalue weighted by molar-refractivity contribution is -0.116. The van der Waals surface area contributed by atoms with Gasteiger partial charge in [0.15, 0.2) is 15.7 Å². The number of anilines is 1. The van der Waals surface area contributed by atoms with Crippen molar-refractivity contribution in [1.29, 1.82) is 0 Å². The number of aryl methyl sites for hydroxylation is 3. The van der Waals surface area contributed by atoms with Crippen LogP contribution in [-0.4, -0.2) is 25.7 Å². The molecule has 1 aliphatic carbocycles. The monoisotopic (exact) mass is 371 g/mol. The average molecular weight is 371 g/mol. The van der Waals surface area contributed by atoms with Crippen molar-refractivity contribution >= 4 is 34.6 Å². The molecule has 0 saturated heterocycles. The van der Waals surface area contributed by atoms with Gasteiger partial charge in [-0.05, 0) is 38.4 Å². The van der Waals surface area contributed by atoms with Crippen LogP contribution in [0, 0.1) is 11.7 Å². The minimum Gasteiger partial charge on any atom is -0.300 e. The molecule has 1 aromatic carbocycles. The molecule has 0 radical (unpaired) electrons. The molecule has 6 nitrogen and oxygen atoms in total. The van der Waals surface area contributed by atoms with E-state index in [1.54, 1.807) is 15.9 Å². The molecule has 0 bridgehead atoms. The zero-order chi connectivity index (χ0) is 17.4. The van der Waals surface area contributed by atoms with Gasteiger partial charge in [0.1, 0.15) is 6.54 Å². The zero-order valence-electron chi connectivity index (χ0n) is 13.7. The number of nitrogens with zero attached hydrogens (tertiary/aromatic N) is 3. The van der Waals surface area contributed by atoms with E-state index >= 15 is 0 Å². The van der Waals surface area contributed by atoms with Crippen LogP contribution in [0.1, 0.15) is 22.6 Å². The molecular weight excluding hydrogens is 354 g/mol. The van der Waals surface area contributed by atoms with Crippen LogP contribution in [0.2, 0.25) is 0 Å². The Bertz CT molecular complexity index is 962. The number of amides is 1. The van der Waals surface area contributed by atoms with Crippen LogP contribution in [0.4, 0.5) is 5.13 Å². The van der Waals surface area contributed by atoms with Crippen molar-refractivity contribution in [2.24, 2.45) is 0 Å². The van der Waals surface area contributed by atoms with Crippen molar-refractivity contribution < 1.29 is 4.79 Å². The van der Waals surface area contributed by atoms with E-state index in [9.17, 15) is 4.79 Å². The normalized spacial score (nSPS) is 13.0. The topological polar surface area (TPSA) is 75.6 Å². The lowest BCUT2D eigenvalue weighted by Gasteiger charge is -2.07. The number of H-pyrrole nitrogens is 1. The molecule has 0 aliphatic heterocycles. The molecule has 2 aromatic heterocycles. The summed E-state index contributed by atoms with van der Waals surface area (Å²) in [6.07, 6.45) is 3.23. The Morgan fingerprint density at radius 3 is 2.92 bits per heavy atom. The third kappa shape index (κ3) is 3.27. The number of hydrogen-bond acceptors (Lipinski definition) is 5. The van der Waals surface area contributed by atoms with Gasteiger partial charge in [0.05, 0.1) is 5.69 Å². The first-order valence-electron chi connectivity index (χ1n) is 8.11. The number of fused-ring (bicyclic) bond motifs is 1. The van der Waals surface area contributed by atoms with Gasteiger partial charge in [-0.2, -0.15) is 5.10 Å². The van der Waals surface area contributed by atoms with Gasteiger partial charge in [0.25, 0.3) is 0 Å².